The average Bonchev–Trinajstić information content (AvgIpc) is 2.96. The van der Waals surface area contributed by atoms with E-state index in [9.17, 15) is 4.79 Å². The Morgan fingerprint density at radius 2 is 1.45 bits per heavy atom. The third-order valence-corrected chi connectivity index (χ3v) is 13.1. The third-order valence-electron chi connectivity index (χ3n) is 7.89. The molecule has 0 N–H and O–H groups in total. The second-order valence-electron chi connectivity index (χ2n) is 12.8. The molecule has 0 bridgehead atoms. The highest BCUT2D eigenvalue weighted by molar-refractivity contribution is 6.73. The molecule has 0 aliphatic carbocycles. The molecule has 0 aromatic heterocycles. The first kappa shape index (κ1) is 30.8. The van der Waals surface area contributed by atoms with E-state index in [1.165, 1.54) is 7.11 Å². The summed E-state index contributed by atoms with van der Waals surface area (Å²) in [5.74, 6) is 0.846. The van der Waals surface area contributed by atoms with Gasteiger partial charge in [0.1, 0.15) is 29.8 Å². The van der Waals surface area contributed by atoms with Crippen molar-refractivity contribution in [3.05, 3.63) is 48.6 Å². The second-order valence-corrected chi connectivity index (χ2v) is 17.5. The molecule has 0 amide bonds. The molecule has 3 aliphatic heterocycles. The fraction of sp³-hybridized carbons (Fsp3) is 0.645. The highest BCUT2D eigenvalue weighted by Gasteiger charge is 2.62. The van der Waals surface area contributed by atoms with Gasteiger partial charge < -0.3 is 32.5 Å². The molecule has 6 atom stereocenters. The van der Waals surface area contributed by atoms with Crippen molar-refractivity contribution >= 4 is 14.5 Å². The van der Waals surface area contributed by atoms with Gasteiger partial charge >= 0.3 is 14.5 Å². The zero-order valence-electron chi connectivity index (χ0n) is 25.2. The number of fused-ring (bicyclic) bond motifs is 2. The van der Waals surface area contributed by atoms with E-state index < -0.39 is 32.8 Å². The van der Waals surface area contributed by atoms with Crippen LogP contribution in [-0.4, -0.2) is 72.0 Å². The molecule has 1 saturated heterocycles. The van der Waals surface area contributed by atoms with Crippen molar-refractivity contribution in [2.45, 2.75) is 108 Å². The highest BCUT2D eigenvalue weighted by atomic mass is 28.4. The van der Waals surface area contributed by atoms with Crippen molar-refractivity contribution in [3.63, 3.8) is 0 Å². The van der Waals surface area contributed by atoms with Crippen LogP contribution in [0.25, 0.3) is 0 Å². The SMILES string of the molecule is COC(=O)[C@H]1O[C@H]2/C=C\C[C@H]3O[Si](C(C)(C)C)(C(C)(C)C)OC[C@@H]3O[C@@H]2C/C=C\C[C@@H]1Oc1ccc(OC)cc1. The van der Waals surface area contributed by atoms with Gasteiger partial charge in [-0.1, -0.05) is 65.8 Å². The van der Waals surface area contributed by atoms with E-state index in [-0.39, 0.29) is 28.4 Å². The summed E-state index contributed by atoms with van der Waals surface area (Å²) in [7, 11) is 0.347. The summed E-state index contributed by atoms with van der Waals surface area (Å²) in [6.07, 6.45) is 7.22. The maximum absolute atomic E-state index is 13.0. The minimum Gasteiger partial charge on any atom is -0.497 e. The van der Waals surface area contributed by atoms with Crippen LogP contribution in [0.15, 0.2) is 48.6 Å². The van der Waals surface area contributed by atoms with E-state index in [4.69, 9.17) is 32.5 Å². The van der Waals surface area contributed by atoms with E-state index >= 15 is 0 Å². The molecular formula is C31H46O8Si. The Bertz CT molecular complexity index is 1040. The molecule has 1 aromatic carbocycles. The third kappa shape index (κ3) is 6.49. The summed E-state index contributed by atoms with van der Waals surface area (Å²) in [5.41, 5.74) is 0. The smallest absolute Gasteiger partial charge is 0.349 e. The Kier molecular flexibility index (Phi) is 9.51. The number of hydrogen-bond acceptors (Lipinski definition) is 8. The van der Waals surface area contributed by atoms with Gasteiger partial charge in [-0.3, -0.25) is 0 Å². The predicted molar refractivity (Wildman–Crippen MR) is 155 cm³/mol. The van der Waals surface area contributed by atoms with E-state index in [0.717, 1.165) is 5.75 Å². The van der Waals surface area contributed by atoms with Crippen molar-refractivity contribution in [2.24, 2.45) is 0 Å². The van der Waals surface area contributed by atoms with Crippen molar-refractivity contribution in [1.82, 2.24) is 0 Å². The van der Waals surface area contributed by atoms with Crippen molar-refractivity contribution in [2.75, 3.05) is 20.8 Å². The summed E-state index contributed by atoms with van der Waals surface area (Å²) < 4.78 is 43.5. The predicted octanol–water partition coefficient (Wildman–Crippen LogP) is 5.89. The number of benzene rings is 1. The molecule has 222 valence electrons. The minimum absolute atomic E-state index is 0.110. The fourth-order valence-corrected chi connectivity index (χ4v) is 11.0. The number of ether oxygens (including phenoxy) is 5. The zero-order chi connectivity index (χ0) is 29.1. The lowest BCUT2D eigenvalue weighted by Gasteiger charge is -2.55. The maximum Gasteiger partial charge on any atom is 0.349 e. The Labute approximate surface area is 240 Å². The lowest BCUT2D eigenvalue weighted by molar-refractivity contribution is -0.185. The van der Waals surface area contributed by atoms with Crippen LogP contribution in [0.4, 0.5) is 0 Å². The first-order valence-electron chi connectivity index (χ1n) is 14.2. The van der Waals surface area contributed by atoms with Crippen LogP contribution in [-0.2, 0) is 27.9 Å². The molecule has 40 heavy (non-hydrogen) atoms. The molecular weight excluding hydrogens is 528 g/mol. The molecule has 4 rings (SSSR count). The number of methoxy groups -OCH3 is 2. The van der Waals surface area contributed by atoms with Gasteiger partial charge in [0.05, 0.1) is 33.0 Å². The van der Waals surface area contributed by atoms with Gasteiger partial charge in [0.15, 0.2) is 6.10 Å². The van der Waals surface area contributed by atoms with E-state index in [0.29, 0.717) is 31.6 Å². The number of rotatable bonds is 4. The average molecular weight is 575 g/mol. The van der Waals surface area contributed by atoms with Crippen LogP contribution >= 0.6 is 0 Å². The van der Waals surface area contributed by atoms with Gasteiger partial charge in [0.2, 0.25) is 0 Å². The van der Waals surface area contributed by atoms with Gasteiger partial charge in [-0.05, 0) is 37.1 Å². The molecule has 0 radical (unpaired) electrons. The molecule has 9 heteroatoms. The number of carbonyl (C=O) groups is 1. The van der Waals surface area contributed by atoms with E-state index in [1.807, 2.05) is 36.4 Å². The fourth-order valence-electron chi connectivity index (χ4n) is 6.07. The topological polar surface area (TPSA) is 81.7 Å². The van der Waals surface area contributed by atoms with Crippen molar-refractivity contribution < 1.29 is 37.3 Å². The molecule has 1 fully saturated rings. The monoisotopic (exact) mass is 574 g/mol. The van der Waals surface area contributed by atoms with Gasteiger partial charge in [-0.25, -0.2) is 4.79 Å². The van der Waals surface area contributed by atoms with Crippen LogP contribution in [0, 0.1) is 0 Å². The summed E-state index contributed by atoms with van der Waals surface area (Å²) in [5, 5.41) is -0.219. The van der Waals surface area contributed by atoms with Crippen LogP contribution in [0.2, 0.25) is 10.1 Å². The summed E-state index contributed by atoms with van der Waals surface area (Å²) in [6, 6.07) is 7.26. The van der Waals surface area contributed by atoms with Crippen molar-refractivity contribution in [3.8, 4) is 11.5 Å². The maximum atomic E-state index is 13.0. The molecule has 0 saturated carbocycles. The lowest BCUT2D eigenvalue weighted by Crippen LogP contribution is -2.65. The van der Waals surface area contributed by atoms with Gasteiger partial charge in [-0.2, -0.15) is 0 Å². The Balaban J connectivity index is 1.57. The van der Waals surface area contributed by atoms with Gasteiger partial charge in [-0.15, -0.1) is 0 Å². The molecule has 3 aliphatic rings. The Morgan fingerprint density at radius 3 is 2.08 bits per heavy atom. The van der Waals surface area contributed by atoms with Gasteiger partial charge in [0.25, 0.3) is 0 Å². The van der Waals surface area contributed by atoms with Crippen molar-refractivity contribution in [1.29, 1.82) is 0 Å². The molecule has 0 unspecified atom stereocenters. The molecule has 0 spiro atoms. The first-order chi connectivity index (χ1) is 18.9. The summed E-state index contributed by atoms with van der Waals surface area (Å²) >= 11 is 0. The number of esters is 1. The van der Waals surface area contributed by atoms with Crippen LogP contribution in [0.1, 0.15) is 60.8 Å². The lowest BCUT2D eigenvalue weighted by atomic mass is 10.0. The normalized spacial score (nSPS) is 32.4. The standard InChI is InChI=1S/C31H46O8Si/c1-30(2,3)40(31(4,5)6)35-20-27-25(39-40)15-11-14-24-23(37-27)12-9-10-13-26(28(38-24)29(32)34-8)36-22-18-16-21(33-7)17-19-22/h9-11,14,16-19,23-28H,12-13,15,20H2,1-8H3/b10-9-,14-11-/t23-,24+,25-,26+,27+,28+/m1/s1. The Hall–Kier alpha value is -2.17. The zero-order valence-corrected chi connectivity index (χ0v) is 26.2. The molecule has 8 nitrogen and oxygen atoms in total. The minimum atomic E-state index is -2.63. The molecule has 1 aromatic rings. The number of hydrogen-bond donors (Lipinski definition) is 0. The highest BCUT2D eigenvalue weighted by Crippen LogP contribution is 2.54. The van der Waals surface area contributed by atoms with Crippen LogP contribution in [0.5, 0.6) is 11.5 Å². The number of carbonyl (C=O) groups excluding carboxylic acids is 1. The van der Waals surface area contributed by atoms with E-state index in [1.54, 1.807) is 7.11 Å². The quantitative estimate of drug-likeness (QED) is 0.250. The van der Waals surface area contributed by atoms with Crippen LogP contribution < -0.4 is 9.47 Å². The van der Waals surface area contributed by atoms with Crippen LogP contribution in [0.3, 0.4) is 0 Å². The largest absolute Gasteiger partial charge is 0.497 e. The van der Waals surface area contributed by atoms with Gasteiger partial charge in [0, 0.05) is 16.5 Å². The van der Waals surface area contributed by atoms with E-state index in [2.05, 4.69) is 53.7 Å². The Morgan fingerprint density at radius 1 is 0.825 bits per heavy atom. The second kappa shape index (κ2) is 12.4. The molecule has 3 heterocycles. The summed E-state index contributed by atoms with van der Waals surface area (Å²) in [4.78, 5) is 13.0. The first-order valence-corrected chi connectivity index (χ1v) is 16.0. The summed E-state index contributed by atoms with van der Waals surface area (Å²) in [6.45, 7) is 13.8.